The van der Waals surface area contributed by atoms with Crippen LogP contribution in [0.3, 0.4) is 0 Å². The molecule has 0 bridgehead atoms. The third kappa shape index (κ3) is 2.82. The van der Waals surface area contributed by atoms with Gasteiger partial charge < -0.3 is 10.2 Å². The number of allylic oxidation sites excluding steroid dienone is 1. The highest BCUT2D eigenvalue weighted by atomic mass is 16.3. The SMILES string of the molecule is C[C@]12CC[C@H]3[C@@H](CC=C4C[C@@H](O)CC[C@@]43C)[C@@H]1CC[C@@H]2[C@@](C)(O)c1ccccc1. The van der Waals surface area contributed by atoms with Crippen molar-refractivity contribution in [1.29, 1.82) is 0 Å². The molecule has 4 aliphatic carbocycles. The van der Waals surface area contributed by atoms with Gasteiger partial charge in [0.25, 0.3) is 0 Å². The number of aliphatic hydroxyl groups excluding tert-OH is 1. The van der Waals surface area contributed by atoms with Crippen LogP contribution in [-0.2, 0) is 5.60 Å². The van der Waals surface area contributed by atoms with Crippen molar-refractivity contribution in [3.8, 4) is 0 Å². The molecular formula is C27H38O2. The van der Waals surface area contributed by atoms with Gasteiger partial charge in [0.05, 0.1) is 11.7 Å². The number of rotatable bonds is 2. The molecule has 0 saturated heterocycles. The molecule has 0 heterocycles. The van der Waals surface area contributed by atoms with Crippen LogP contribution in [0.15, 0.2) is 42.0 Å². The Balaban J connectivity index is 1.46. The molecule has 8 atom stereocenters. The van der Waals surface area contributed by atoms with E-state index in [4.69, 9.17) is 0 Å². The molecule has 1 aromatic carbocycles. The summed E-state index contributed by atoms with van der Waals surface area (Å²) < 4.78 is 0. The van der Waals surface area contributed by atoms with Crippen molar-refractivity contribution in [2.75, 3.05) is 0 Å². The molecule has 3 fully saturated rings. The Hall–Kier alpha value is -1.12. The second-order valence-electron chi connectivity index (χ2n) is 11.3. The van der Waals surface area contributed by atoms with Gasteiger partial charge in [0.2, 0.25) is 0 Å². The molecule has 0 aromatic heterocycles. The van der Waals surface area contributed by atoms with Crippen LogP contribution >= 0.6 is 0 Å². The molecule has 4 aliphatic rings. The Morgan fingerprint density at radius 2 is 1.72 bits per heavy atom. The number of hydrogen-bond acceptors (Lipinski definition) is 2. The Morgan fingerprint density at radius 3 is 2.48 bits per heavy atom. The molecular weight excluding hydrogens is 356 g/mol. The maximum Gasteiger partial charge on any atom is 0.0901 e. The van der Waals surface area contributed by atoms with Gasteiger partial charge in [-0.2, -0.15) is 0 Å². The van der Waals surface area contributed by atoms with Crippen LogP contribution in [-0.4, -0.2) is 16.3 Å². The average molecular weight is 395 g/mol. The average Bonchev–Trinajstić information content (AvgIpc) is 3.07. The molecule has 0 spiro atoms. The minimum Gasteiger partial charge on any atom is -0.393 e. The van der Waals surface area contributed by atoms with E-state index in [0.717, 1.165) is 43.1 Å². The second kappa shape index (κ2) is 6.69. The fraction of sp³-hybridized carbons (Fsp3) is 0.704. The van der Waals surface area contributed by atoms with E-state index >= 15 is 0 Å². The lowest BCUT2D eigenvalue weighted by molar-refractivity contribution is -0.105. The van der Waals surface area contributed by atoms with E-state index in [9.17, 15) is 10.2 Å². The van der Waals surface area contributed by atoms with E-state index < -0.39 is 5.60 Å². The summed E-state index contributed by atoms with van der Waals surface area (Å²) in [4.78, 5) is 0. The topological polar surface area (TPSA) is 40.5 Å². The summed E-state index contributed by atoms with van der Waals surface area (Å²) >= 11 is 0. The summed E-state index contributed by atoms with van der Waals surface area (Å²) in [5.41, 5.74) is 2.38. The fourth-order valence-corrected chi connectivity index (χ4v) is 8.54. The van der Waals surface area contributed by atoms with Crippen molar-refractivity contribution in [1.82, 2.24) is 0 Å². The first kappa shape index (κ1) is 19.8. The van der Waals surface area contributed by atoms with Gasteiger partial charge in [-0.3, -0.25) is 0 Å². The summed E-state index contributed by atoms with van der Waals surface area (Å²) in [5.74, 6) is 2.54. The lowest BCUT2D eigenvalue weighted by Gasteiger charge is -2.59. The summed E-state index contributed by atoms with van der Waals surface area (Å²) in [6, 6.07) is 10.4. The number of fused-ring (bicyclic) bond motifs is 5. The van der Waals surface area contributed by atoms with Gasteiger partial charge in [-0.1, -0.05) is 55.8 Å². The monoisotopic (exact) mass is 394 g/mol. The zero-order valence-corrected chi connectivity index (χ0v) is 18.4. The molecule has 1 aromatic rings. The standard InChI is InChI=1S/C27H38O2/c1-25-15-13-20(28)17-19(25)9-10-21-22-11-12-24(26(22,2)16-14-23(21)25)27(3,29)18-7-5-4-6-8-18/h4-9,20-24,28-29H,10-17H2,1-3H3/t20-,21-,22-,23-,24-,25-,26-,27-/m0/s1. The van der Waals surface area contributed by atoms with Crippen molar-refractivity contribution in [2.45, 2.75) is 83.8 Å². The van der Waals surface area contributed by atoms with E-state index in [1.165, 1.54) is 25.7 Å². The van der Waals surface area contributed by atoms with Crippen molar-refractivity contribution >= 4 is 0 Å². The van der Waals surface area contributed by atoms with E-state index in [1.54, 1.807) is 5.57 Å². The lowest BCUT2D eigenvalue weighted by atomic mass is 9.46. The number of hydrogen-bond donors (Lipinski definition) is 2. The van der Waals surface area contributed by atoms with Crippen LogP contribution in [0, 0.1) is 34.5 Å². The fourth-order valence-electron chi connectivity index (χ4n) is 8.54. The smallest absolute Gasteiger partial charge is 0.0901 e. The Bertz CT molecular complexity index is 796. The number of aliphatic hydroxyl groups is 2. The molecule has 0 unspecified atom stereocenters. The highest BCUT2D eigenvalue weighted by Gasteiger charge is 2.61. The molecule has 2 N–H and O–H groups in total. The van der Waals surface area contributed by atoms with Gasteiger partial charge in [0.15, 0.2) is 0 Å². The predicted molar refractivity (Wildman–Crippen MR) is 117 cm³/mol. The minimum atomic E-state index is -0.758. The largest absolute Gasteiger partial charge is 0.393 e. The second-order valence-corrected chi connectivity index (χ2v) is 11.3. The first-order valence-electron chi connectivity index (χ1n) is 11.9. The summed E-state index contributed by atoms with van der Waals surface area (Å²) in [7, 11) is 0. The highest BCUT2D eigenvalue weighted by molar-refractivity contribution is 5.28. The summed E-state index contributed by atoms with van der Waals surface area (Å²) in [6.45, 7) is 7.06. The first-order valence-corrected chi connectivity index (χ1v) is 11.9. The van der Waals surface area contributed by atoms with Gasteiger partial charge in [0, 0.05) is 0 Å². The Morgan fingerprint density at radius 1 is 0.966 bits per heavy atom. The Labute approximate surface area is 176 Å². The van der Waals surface area contributed by atoms with Gasteiger partial charge in [-0.25, -0.2) is 0 Å². The predicted octanol–water partition coefficient (Wildman–Crippen LogP) is 5.83. The third-order valence-electron chi connectivity index (χ3n) is 10.1. The van der Waals surface area contributed by atoms with E-state index in [0.29, 0.717) is 17.3 Å². The Kier molecular flexibility index (Phi) is 4.57. The first-order chi connectivity index (χ1) is 13.8. The molecule has 2 heteroatoms. The zero-order chi connectivity index (χ0) is 20.4. The van der Waals surface area contributed by atoms with Crippen molar-refractivity contribution in [3.05, 3.63) is 47.5 Å². The van der Waals surface area contributed by atoms with Crippen LogP contribution < -0.4 is 0 Å². The quantitative estimate of drug-likeness (QED) is 0.619. The molecule has 0 amide bonds. The molecule has 0 aliphatic heterocycles. The van der Waals surface area contributed by atoms with Crippen LogP contribution in [0.1, 0.15) is 77.7 Å². The van der Waals surface area contributed by atoms with Crippen LogP contribution in [0.4, 0.5) is 0 Å². The van der Waals surface area contributed by atoms with Gasteiger partial charge in [-0.15, -0.1) is 0 Å². The summed E-state index contributed by atoms with van der Waals surface area (Å²) in [6.07, 6.45) is 11.5. The molecule has 5 rings (SSSR count). The van der Waals surface area contributed by atoms with E-state index in [1.807, 2.05) is 6.07 Å². The molecule has 29 heavy (non-hydrogen) atoms. The van der Waals surface area contributed by atoms with E-state index in [2.05, 4.69) is 51.1 Å². The lowest BCUT2D eigenvalue weighted by Crippen LogP contribution is -2.52. The van der Waals surface area contributed by atoms with Gasteiger partial charge >= 0.3 is 0 Å². The highest BCUT2D eigenvalue weighted by Crippen LogP contribution is 2.68. The normalized spacial score (nSPS) is 46.1. The molecule has 158 valence electrons. The van der Waals surface area contributed by atoms with Crippen LogP contribution in [0.5, 0.6) is 0 Å². The minimum absolute atomic E-state index is 0.128. The van der Waals surface area contributed by atoms with Crippen molar-refractivity contribution < 1.29 is 10.2 Å². The summed E-state index contributed by atoms with van der Waals surface area (Å²) in [5, 5.41) is 21.9. The maximum absolute atomic E-state index is 11.7. The molecule has 2 nitrogen and oxygen atoms in total. The van der Waals surface area contributed by atoms with Crippen LogP contribution in [0.25, 0.3) is 0 Å². The molecule has 3 saturated carbocycles. The maximum atomic E-state index is 11.7. The number of benzene rings is 1. The van der Waals surface area contributed by atoms with E-state index in [-0.39, 0.29) is 11.5 Å². The third-order valence-corrected chi connectivity index (χ3v) is 10.1. The van der Waals surface area contributed by atoms with Crippen molar-refractivity contribution in [2.24, 2.45) is 34.5 Å². The van der Waals surface area contributed by atoms with Gasteiger partial charge in [-0.05, 0) is 98.4 Å². The zero-order valence-electron chi connectivity index (χ0n) is 18.4. The van der Waals surface area contributed by atoms with Crippen LogP contribution in [0.2, 0.25) is 0 Å². The molecule has 0 radical (unpaired) electrons. The van der Waals surface area contributed by atoms with Gasteiger partial charge in [0.1, 0.15) is 0 Å². The van der Waals surface area contributed by atoms with Crippen molar-refractivity contribution in [3.63, 3.8) is 0 Å².